The molecule has 5 atom stereocenters. The van der Waals surface area contributed by atoms with Crippen molar-refractivity contribution in [2.75, 3.05) is 0 Å². The molecule has 0 nitrogen and oxygen atoms in total. The van der Waals surface area contributed by atoms with Crippen LogP contribution in [0.4, 0.5) is 8.78 Å². The normalized spacial score (nSPS) is 31.9. The first kappa shape index (κ1) is 21.3. The summed E-state index contributed by atoms with van der Waals surface area (Å²) in [7, 11) is 0. The highest BCUT2D eigenvalue weighted by molar-refractivity contribution is 5.39. The summed E-state index contributed by atoms with van der Waals surface area (Å²) in [6.07, 6.45) is 16.3. The van der Waals surface area contributed by atoms with E-state index in [1.54, 1.807) is 6.07 Å². The Morgan fingerprint density at radius 3 is 2.45 bits per heavy atom. The van der Waals surface area contributed by atoms with Crippen molar-refractivity contribution in [2.24, 2.45) is 23.7 Å². The van der Waals surface area contributed by atoms with Gasteiger partial charge in [-0.3, -0.25) is 0 Å². The fourth-order valence-electron chi connectivity index (χ4n) is 6.97. The molecular weight excluding hydrogens is 362 g/mol. The van der Waals surface area contributed by atoms with Crippen molar-refractivity contribution < 1.29 is 8.78 Å². The molecule has 0 radical (unpaired) electrons. The summed E-state index contributed by atoms with van der Waals surface area (Å²) in [5.74, 6) is 2.68. The topological polar surface area (TPSA) is 0 Å². The van der Waals surface area contributed by atoms with Gasteiger partial charge < -0.3 is 0 Å². The van der Waals surface area contributed by atoms with E-state index < -0.39 is 0 Å². The third-order valence-electron chi connectivity index (χ3n) is 8.55. The fraction of sp³-hybridized carbons (Fsp3) is 0.778. The zero-order valence-corrected chi connectivity index (χ0v) is 18.6. The summed E-state index contributed by atoms with van der Waals surface area (Å²) in [6, 6.07) is 1.71. The van der Waals surface area contributed by atoms with E-state index in [4.69, 9.17) is 0 Å². The highest BCUT2D eigenvalue weighted by Crippen LogP contribution is 2.49. The Kier molecular flexibility index (Phi) is 6.97. The molecule has 0 N–H and O–H groups in total. The van der Waals surface area contributed by atoms with Crippen molar-refractivity contribution in [2.45, 2.75) is 110 Å². The molecule has 2 fully saturated rings. The van der Waals surface area contributed by atoms with Crippen LogP contribution in [0.15, 0.2) is 6.07 Å². The van der Waals surface area contributed by atoms with Gasteiger partial charge in [-0.25, -0.2) is 8.78 Å². The molecule has 0 amide bonds. The maximum absolute atomic E-state index is 15.5. The van der Waals surface area contributed by atoms with Crippen LogP contribution in [0, 0.1) is 35.3 Å². The molecule has 3 aliphatic carbocycles. The predicted octanol–water partition coefficient (Wildman–Crippen LogP) is 8.36. The Morgan fingerprint density at radius 1 is 0.862 bits per heavy atom. The van der Waals surface area contributed by atoms with Gasteiger partial charge in [0.15, 0.2) is 0 Å². The van der Waals surface area contributed by atoms with Crippen molar-refractivity contribution >= 4 is 0 Å². The molecule has 0 spiro atoms. The van der Waals surface area contributed by atoms with Crippen LogP contribution in [-0.2, 0) is 12.8 Å². The van der Waals surface area contributed by atoms with E-state index in [2.05, 4.69) is 13.8 Å². The van der Waals surface area contributed by atoms with Gasteiger partial charge in [0.05, 0.1) is 0 Å². The lowest BCUT2D eigenvalue weighted by molar-refractivity contribution is 0.111. The first-order valence-electron chi connectivity index (χ1n) is 12.6. The molecule has 1 aromatic rings. The van der Waals surface area contributed by atoms with E-state index in [1.807, 2.05) is 0 Å². The maximum atomic E-state index is 15.5. The summed E-state index contributed by atoms with van der Waals surface area (Å²) < 4.78 is 30.6. The largest absolute Gasteiger partial charge is 0.207 e. The minimum absolute atomic E-state index is 0.0992. The van der Waals surface area contributed by atoms with Gasteiger partial charge >= 0.3 is 0 Å². The second kappa shape index (κ2) is 9.48. The molecule has 5 unspecified atom stereocenters. The lowest BCUT2D eigenvalue weighted by Crippen LogP contribution is -2.31. The van der Waals surface area contributed by atoms with Crippen molar-refractivity contribution in [1.82, 2.24) is 0 Å². The Morgan fingerprint density at radius 2 is 1.66 bits per heavy atom. The summed E-state index contributed by atoms with van der Waals surface area (Å²) in [5.41, 5.74) is 2.25. The SMILES string of the molecule is CCCCC1CCC2CC(c3c(F)cc4c(c3F)CCC(CCC)C4)CCC2C1. The van der Waals surface area contributed by atoms with Crippen LogP contribution in [0.1, 0.15) is 114 Å². The first-order chi connectivity index (χ1) is 14.1. The van der Waals surface area contributed by atoms with Gasteiger partial charge in [0, 0.05) is 5.56 Å². The predicted molar refractivity (Wildman–Crippen MR) is 117 cm³/mol. The molecule has 1 aromatic carbocycles. The molecule has 162 valence electrons. The van der Waals surface area contributed by atoms with E-state index in [0.29, 0.717) is 17.4 Å². The van der Waals surface area contributed by atoms with Crippen molar-refractivity contribution in [3.05, 3.63) is 34.4 Å². The maximum Gasteiger partial charge on any atom is 0.133 e. The number of halogens is 2. The molecular formula is C27H40F2. The molecule has 0 bridgehead atoms. The number of unbranched alkanes of at least 4 members (excludes halogenated alkanes) is 1. The van der Waals surface area contributed by atoms with E-state index in [-0.39, 0.29) is 17.6 Å². The molecule has 3 aliphatic rings. The van der Waals surface area contributed by atoms with E-state index in [0.717, 1.165) is 61.5 Å². The van der Waals surface area contributed by atoms with Crippen molar-refractivity contribution in [1.29, 1.82) is 0 Å². The molecule has 4 rings (SSSR count). The third-order valence-corrected chi connectivity index (χ3v) is 8.55. The standard InChI is InChI=1S/C27H40F2/c1-3-5-7-19-8-10-21-16-22(12-11-20(21)14-19)26-25(28)17-23-15-18(6-4-2)9-13-24(23)27(26)29/h17-22H,3-16H2,1-2H3. The second-order valence-electron chi connectivity index (χ2n) is 10.5. The minimum atomic E-state index is -0.251. The number of fused-ring (bicyclic) bond motifs is 2. The lowest BCUT2D eigenvalue weighted by atomic mass is 9.63. The summed E-state index contributed by atoms with van der Waals surface area (Å²) in [6.45, 7) is 4.48. The number of rotatable bonds is 6. The molecule has 0 heterocycles. The van der Waals surface area contributed by atoms with E-state index >= 15 is 8.78 Å². The number of hydrogen-bond acceptors (Lipinski definition) is 0. The van der Waals surface area contributed by atoms with Gasteiger partial charge in [0.25, 0.3) is 0 Å². The molecule has 2 heteroatoms. The van der Waals surface area contributed by atoms with E-state index in [1.165, 1.54) is 51.4 Å². The van der Waals surface area contributed by atoms with Gasteiger partial charge in [0.1, 0.15) is 11.6 Å². The van der Waals surface area contributed by atoms with Crippen molar-refractivity contribution in [3.8, 4) is 0 Å². The van der Waals surface area contributed by atoms with Gasteiger partial charge in [-0.2, -0.15) is 0 Å². The summed E-state index contributed by atoms with van der Waals surface area (Å²) in [4.78, 5) is 0. The van der Waals surface area contributed by atoms with Crippen LogP contribution in [-0.4, -0.2) is 0 Å². The molecule has 0 aromatic heterocycles. The molecule has 0 aliphatic heterocycles. The summed E-state index contributed by atoms with van der Waals surface area (Å²) in [5, 5.41) is 0. The third kappa shape index (κ3) is 4.57. The smallest absolute Gasteiger partial charge is 0.133 e. The van der Waals surface area contributed by atoms with Crippen molar-refractivity contribution in [3.63, 3.8) is 0 Å². The van der Waals surface area contributed by atoms with Crippen LogP contribution < -0.4 is 0 Å². The van der Waals surface area contributed by atoms with Crippen LogP contribution in [0.2, 0.25) is 0 Å². The van der Waals surface area contributed by atoms with Crippen LogP contribution in [0.5, 0.6) is 0 Å². The van der Waals surface area contributed by atoms with Gasteiger partial charge in [-0.05, 0) is 98.1 Å². The monoisotopic (exact) mass is 402 g/mol. The number of hydrogen-bond donors (Lipinski definition) is 0. The highest BCUT2D eigenvalue weighted by atomic mass is 19.1. The zero-order valence-electron chi connectivity index (χ0n) is 18.6. The quantitative estimate of drug-likeness (QED) is 0.448. The van der Waals surface area contributed by atoms with E-state index in [9.17, 15) is 0 Å². The second-order valence-corrected chi connectivity index (χ2v) is 10.5. The van der Waals surface area contributed by atoms with Gasteiger partial charge in [-0.15, -0.1) is 0 Å². The Hall–Kier alpha value is -0.920. The first-order valence-corrected chi connectivity index (χ1v) is 12.6. The zero-order chi connectivity index (χ0) is 20.4. The molecule has 2 saturated carbocycles. The Bertz CT molecular complexity index is 694. The highest BCUT2D eigenvalue weighted by Gasteiger charge is 2.38. The minimum Gasteiger partial charge on any atom is -0.207 e. The van der Waals surface area contributed by atoms with Crippen LogP contribution in [0.25, 0.3) is 0 Å². The van der Waals surface area contributed by atoms with Crippen LogP contribution in [0.3, 0.4) is 0 Å². The average Bonchev–Trinajstić information content (AvgIpc) is 2.72. The fourth-order valence-corrected chi connectivity index (χ4v) is 6.97. The summed E-state index contributed by atoms with van der Waals surface area (Å²) >= 11 is 0. The molecule has 29 heavy (non-hydrogen) atoms. The lowest BCUT2D eigenvalue weighted by Gasteiger charge is -2.42. The Balaban J connectivity index is 1.46. The average molecular weight is 403 g/mol. The van der Waals surface area contributed by atoms with Crippen LogP contribution >= 0.6 is 0 Å². The Labute approximate surface area is 176 Å². The van der Waals surface area contributed by atoms with Gasteiger partial charge in [-0.1, -0.05) is 52.4 Å². The number of benzene rings is 1. The van der Waals surface area contributed by atoms with Gasteiger partial charge in [0.2, 0.25) is 0 Å². The molecule has 0 saturated heterocycles.